The predicted octanol–water partition coefficient (Wildman–Crippen LogP) is 3.21. The number of carbonyl (C=O) groups excluding carboxylic acids is 2. The molecule has 31 heavy (non-hydrogen) atoms. The van der Waals surface area contributed by atoms with Crippen molar-refractivity contribution in [1.29, 1.82) is 0 Å². The van der Waals surface area contributed by atoms with Gasteiger partial charge in [0.2, 0.25) is 11.7 Å². The van der Waals surface area contributed by atoms with Gasteiger partial charge in [-0.3, -0.25) is 4.79 Å². The third-order valence-electron chi connectivity index (χ3n) is 5.80. The van der Waals surface area contributed by atoms with Gasteiger partial charge in [-0.05, 0) is 31.4 Å². The number of anilines is 1. The Bertz CT molecular complexity index is 828. The molecule has 3 rings (SSSR count). The fourth-order valence-electron chi connectivity index (χ4n) is 4.37. The molecular weight excluding hydrogens is 403 g/mol. The zero-order valence-electron chi connectivity index (χ0n) is 19.2. The molecule has 8 heteroatoms. The minimum absolute atomic E-state index is 0.119. The molecule has 0 bridgehead atoms. The number of methoxy groups -OCH3 is 1. The van der Waals surface area contributed by atoms with Crippen molar-refractivity contribution in [2.45, 2.75) is 59.0 Å². The molecule has 2 fully saturated rings. The van der Waals surface area contributed by atoms with Crippen LogP contribution in [0.2, 0.25) is 0 Å². The largest absolute Gasteiger partial charge is 0.497 e. The summed E-state index contributed by atoms with van der Waals surface area (Å²) in [6.45, 7) is 10.7. The number of nitrogens with zero attached hydrogens (tertiary/aromatic N) is 2. The van der Waals surface area contributed by atoms with Crippen molar-refractivity contribution in [3.63, 3.8) is 0 Å². The van der Waals surface area contributed by atoms with Gasteiger partial charge in [-0.25, -0.2) is 9.18 Å². The van der Waals surface area contributed by atoms with Crippen LogP contribution in [0.15, 0.2) is 18.2 Å². The van der Waals surface area contributed by atoms with E-state index in [1.807, 2.05) is 25.7 Å². The molecule has 0 unspecified atom stereocenters. The molecule has 0 aliphatic carbocycles. The molecule has 172 valence electrons. The smallest absolute Gasteiger partial charge is 0.338 e. The number of hydrogen-bond donors (Lipinski definition) is 0. The summed E-state index contributed by atoms with van der Waals surface area (Å²) >= 11 is 0. The first-order valence-electron chi connectivity index (χ1n) is 10.8. The summed E-state index contributed by atoms with van der Waals surface area (Å²) in [5.74, 6) is -1.80. The minimum Gasteiger partial charge on any atom is -0.497 e. The third-order valence-corrected chi connectivity index (χ3v) is 5.80. The van der Waals surface area contributed by atoms with E-state index in [1.54, 1.807) is 38.0 Å². The number of rotatable bonds is 6. The molecule has 0 radical (unpaired) electrons. The number of carbonyl (C=O) groups is 2. The number of esters is 1. The van der Waals surface area contributed by atoms with E-state index in [0.29, 0.717) is 37.5 Å². The molecule has 2 aliphatic rings. The molecule has 0 N–H and O–H groups in total. The Morgan fingerprint density at radius 3 is 2.58 bits per heavy atom. The zero-order chi connectivity index (χ0) is 22.9. The number of piperazine rings is 1. The average molecular weight is 437 g/mol. The van der Waals surface area contributed by atoms with Crippen LogP contribution < -0.4 is 9.64 Å². The SMILES string of the molecule is COc1ccc(F)c(N2CCN(C(=O)[C@@H](CC(C)C)[C@@H]3OC(C)(C)OC3=O)[C@H](C)C2)c1. The van der Waals surface area contributed by atoms with E-state index in [0.717, 1.165) is 0 Å². The van der Waals surface area contributed by atoms with E-state index in [4.69, 9.17) is 14.2 Å². The van der Waals surface area contributed by atoms with Crippen molar-refractivity contribution in [3.8, 4) is 5.75 Å². The summed E-state index contributed by atoms with van der Waals surface area (Å²) in [6, 6.07) is 4.48. The molecule has 0 aromatic heterocycles. The van der Waals surface area contributed by atoms with E-state index in [2.05, 4.69) is 0 Å². The maximum Gasteiger partial charge on any atom is 0.338 e. The minimum atomic E-state index is -1.04. The number of hydrogen-bond acceptors (Lipinski definition) is 6. The van der Waals surface area contributed by atoms with Gasteiger partial charge in [0, 0.05) is 45.6 Å². The lowest BCUT2D eigenvalue weighted by Gasteiger charge is -2.42. The van der Waals surface area contributed by atoms with Crippen LogP contribution in [0.3, 0.4) is 0 Å². The molecular formula is C23H33FN2O5. The lowest BCUT2D eigenvalue weighted by atomic mass is 9.90. The van der Waals surface area contributed by atoms with E-state index in [9.17, 15) is 14.0 Å². The third kappa shape index (κ3) is 5.11. The normalized spacial score (nSPS) is 24.3. The lowest BCUT2D eigenvalue weighted by molar-refractivity contribution is -0.163. The van der Waals surface area contributed by atoms with Crippen LogP contribution in [0, 0.1) is 17.7 Å². The van der Waals surface area contributed by atoms with Crippen LogP contribution in [0.5, 0.6) is 5.75 Å². The number of ether oxygens (including phenoxy) is 3. The van der Waals surface area contributed by atoms with Crippen molar-refractivity contribution in [2.24, 2.45) is 11.8 Å². The van der Waals surface area contributed by atoms with E-state index < -0.39 is 23.8 Å². The quantitative estimate of drug-likeness (QED) is 0.638. The molecule has 2 saturated heterocycles. The monoisotopic (exact) mass is 436 g/mol. The molecule has 1 amide bonds. The van der Waals surface area contributed by atoms with Gasteiger partial charge in [0.05, 0.1) is 18.7 Å². The maximum absolute atomic E-state index is 14.4. The highest BCUT2D eigenvalue weighted by molar-refractivity contribution is 5.88. The first-order valence-corrected chi connectivity index (χ1v) is 10.8. The second-order valence-electron chi connectivity index (χ2n) is 9.24. The fraction of sp³-hybridized carbons (Fsp3) is 0.652. The standard InChI is InChI=1S/C23H33FN2O5/c1-14(2)11-17(20-22(28)31-23(4,5)30-20)21(27)26-10-9-25(13-15(26)3)19-12-16(29-6)7-8-18(19)24/h7-8,12,14-15,17,20H,9-11,13H2,1-6H3/t15-,17+,20+/m1/s1. The lowest BCUT2D eigenvalue weighted by Crippen LogP contribution is -2.57. The predicted molar refractivity (Wildman–Crippen MR) is 114 cm³/mol. The van der Waals surface area contributed by atoms with Gasteiger partial charge in [0.15, 0.2) is 6.10 Å². The Kier molecular flexibility index (Phi) is 6.79. The van der Waals surface area contributed by atoms with E-state index in [1.165, 1.54) is 6.07 Å². The summed E-state index contributed by atoms with van der Waals surface area (Å²) in [5.41, 5.74) is 0.460. The first kappa shape index (κ1) is 23.3. The van der Waals surface area contributed by atoms with Crippen LogP contribution in [0.4, 0.5) is 10.1 Å². The topological polar surface area (TPSA) is 68.3 Å². The first-order chi connectivity index (χ1) is 14.5. The van der Waals surface area contributed by atoms with Crippen LogP contribution in [-0.4, -0.2) is 61.5 Å². The van der Waals surface area contributed by atoms with Crippen molar-refractivity contribution >= 4 is 17.6 Å². The Morgan fingerprint density at radius 1 is 1.32 bits per heavy atom. The second kappa shape index (κ2) is 9.02. The van der Waals surface area contributed by atoms with Crippen molar-refractivity contribution in [1.82, 2.24) is 4.90 Å². The Morgan fingerprint density at radius 2 is 2.03 bits per heavy atom. The Hall–Kier alpha value is -2.35. The van der Waals surface area contributed by atoms with Crippen molar-refractivity contribution in [3.05, 3.63) is 24.0 Å². The number of benzene rings is 1. The van der Waals surface area contributed by atoms with Crippen molar-refractivity contribution in [2.75, 3.05) is 31.6 Å². The molecule has 1 aromatic rings. The van der Waals surface area contributed by atoms with Gasteiger partial charge >= 0.3 is 5.97 Å². The van der Waals surface area contributed by atoms with Gasteiger partial charge < -0.3 is 24.0 Å². The summed E-state index contributed by atoms with van der Waals surface area (Å²) < 4.78 is 30.8. The number of halogens is 1. The molecule has 2 aliphatic heterocycles. The highest BCUT2D eigenvalue weighted by atomic mass is 19.1. The van der Waals surface area contributed by atoms with Crippen molar-refractivity contribution < 1.29 is 28.2 Å². The van der Waals surface area contributed by atoms with Crippen LogP contribution >= 0.6 is 0 Å². The molecule has 1 aromatic carbocycles. The highest BCUT2D eigenvalue weighted by Crippen LogP contribution is 2.33. The van der Waals surface area contributed by atoms with Crippen LogP contribution in [0.25, 0.3) is 0 Å². The Balaban J connectivity index is 1.76. The van der Waals surface area contributed by atoms with Crippen LogP contribution in [0.1, 0.15) is 41.0 Å². The van der Waals surface area contributed by atoms with Gasteiger partial charge in [-0.2, -0.15) is 0 Å². The molecule has 0 saturated carbocycles. The molecule has 2 heterocycles. The van der Waals surface area contributed by atoms with Gasteiger partial charge in [0.1, 0.15) is 11.6 Å². The van der Waals surface area contributed by atoms with Gasteiger partial charge in [0.25, 0.3) is 0 Å². The van der Waals surface area contributed by atoms with E-state index >= 15 is 0 Å². The number of amides is 1. The zero-order valence-corrected chi connectivity index (χ0v) is 19.2. The summed E-state index contributed by atoms with van der Waals surface area (Å²) in [5, 5.41) is 0. The second-order valence-corrected chi connectivity index (χ2v) is 9.24. The summed E-state index contributed by atoms with van der Waals surface area (Å²) in [6.07, 6.45) is -0.391. The van der Waals surface area contributed by atoms with Gasteiger partial charge in [-0.15, -0.1) is 0 Å². The fourth-order valence-corrected chi connectivity index (χ4v) is 4.37. The summed E-state index contributed by atoms with van der Waals surface area (Å²) in [7, 11) is 1.54. The van der Waals surface area contributed by atoms with Crippen LogP contribution in [-0.2, 0) is 19.1 Å². The van der Waals surface area contributed by atoms with Gasteiger partial charge in [-0.1, -0.05) is 13.8 Å². The molecule has 3 atom stereocenters. The average Bonchev–Trinajstić information content (AvgIpc) is 2.97. The molecule has 7 nitrogen and oxygen atoms in total. The van der Waals surface area contributed by atoms with E-state index in [-0.39, 0.29) is 23.7 Å². The maximum atomic E-state index is 14.4. The molecule has 0 spiro atoms. The Labute approximate surface area is 183 Å². The highest BCUT2D eigenvalue weighted by Gasteiger charge is 2.49. The number of cyclic esters (lactones) is 1. The summed E-state index contributed by atoms with van der Waals surface area (Å²) in [4.78, 5) is 29.7.